The molecule has 0 spiro atoms. The highest BCUT2D eigenvalue weighted by Gasteiger charge is 2.35. The number of aliphatic hydroxyl groups excluding tert-OH is 1. The smallest absolute Gasteiger partial charge is 0.0600 e. The lowest BCUT2D eigenvalue weighted by Gasteiger charge is -2.39. The Morgan fingerprint density at radius 1 is 1.18 bits per heavy atom. The molecule has 0 radical (unpaired) electrons. The van der Waals surface area contributed by atoms with E-state index in [1.807, 2.05) is 0 Å². The van der Waals surface area contributed by atoms with E-state index >= 15 is 0 Å². The van der Waals surface area contributed by atoms with Gasteiger partial charge in [-0.2, -0.15) is 0 Å². The Bertz CT molecular complexity index is 246. The van der Waals surface area contributed by atoms with Crippen LogP contribution >= 0.6 is 0 Å². The van der Waals surface area contributed by atoms with Crippen LogP contribution in [0.3, 0.4) is 0 Å². The van der Waals surface area contributed by atoms with Gasteiger partial charge in [-0.25, -0.2) is 0 Å². The predicted molar refractivity (Wildman–Crippen MR) is 72.0 cm³/mol. The quantitative estimate of drug-likeness (QED) is 0.818. The molecule has 2 aliphatic rings. The van der Waals surface area contributed by atoms with Gasteiger partial charge in [-0.15, -0.1) is 0 Å². The van der Waals surface area contributed by atoms with E-state index < -0.39 is 0 Å². The van der Waals surface area contributed by atoms with Gasteiger partial charge in [0.25, 0.3) is 0 Å². The summed E-state index contributed by atoms with van der Waals surface area (Å²) in [6.07, 6.45) is 7.86. The molecule has 17 heavy (non-hydrogen) atoms. The first-order valence-electron chi connectivity index (χ1n) is 7.40. The van der Waals surface area contributed by atoms with Crippen LogP contribution in [0.5, 0.6) is 0 Å². The van der Waals surface area contributed by atoms with Crippen molar-refractivity contribution in [1.82, 2.24) is 4.90 Å². The second-order valence-electron chi connectivity index (χ2n) is 7.11. The van der Waals surface area contributed by atoms with Crippen molar-refractivity contribution in [2.45, 2.75) is 71.4 Å². The van der Waals surface area contributed by atoms with Gasteiger partial charge in [0.1, 0.15) is 0 Å². The van der Waals surface area contributed by atoms with Gasteiger partial charge in [-0.3, -0.25) is 0 Å². The monoisotopic (exact) mass is 239 g/mol. The fourth-order valence-corrected chi connectivity index (χ4v) is 3.56. The molecule has 1 saturated carbocycles. The molecule has 2 fully saturated rings. The molecule has 1 N–H and O–H groups in total. The highest BCUT2D eigenvalue weighted by Crippen LogP contribution is 2.37. The third-order valence-electron chi connectivity index (χ3n) is 4.80. The summed E-state index contributed by atoms with van der Waals surface area (Å²) >= 11 is 0. The van der Waals surface area contributed by atoms with Crippen molar-refractivity contribution in [3.8, 4) is 0 Å². The maximum absolute atomic E-state index is 10.1. The Hall–Kier alpha value is -0.0800. The van der Waals surface area contributed by atoms with Gasteiger partial charge in [0, 0.05) is 12.6 Å². The lowest BCUT2D eigenvalue weighted by Crippen LogP contribution is -2.44. The van der Waals surface area contributed by atoms with E-state index in [0.29, 0.717) is 0 Å². The first-order chi connectivity index (χ1) is 7.98. The zero-order valence-corrected chi connectivity index (χ0v) is 11.8. The summed E-state index contributed by atoms with van der Waals surface area (Å²) in [5.74, 6) is 0.968. The molecule has 0 aromatic carbocycles. The number of rotatable bonds is 3. The van der Waals surface area contributed by atoms with Gasteiger partial charge in [-0.05, 0) is 50.0 Å². The van der Waals surface area contributed by atoms with Crippen LogP contribution in [0.2, 0.25) is 0 Å². The van der Waals surface area contributed by atoms with Crippen LogP contribution < -0.4 is 0 Å². The van der Waals surface area contributed by atoms with Crippen LogP contribution in [0.1, 0.15) is 59.3 Å². The van der Waals surface area contributed by atoms with E-state index in [1.54, 1.807) is 0 Å². The van der Waals surface area contributed by atoms with Crippen molar-refractivity contribution in [3.05, 3.63) is 0 Å². The van der Waals surface area contributed by atoms with E-state index in [1.165, 1.54) is 38.6 Å². The number of aliphatic hydroxyl groups is 1. The zero-order valence-electron chi connectivity index (χ0n) is 11.8. The Kier molecular flexibility index (Phi) is 4.14. The molecule has 1 aliphatic heterocycles. The van der Waals surface area contributed by atoms with Crippen LogP contribution in [0.25, 0.3) is 0 Å². The van der Waals surface area contributed by atoms with Crippen LogP contribution in [0, 0.1) is 11.3 Å². The van der Waals surface area contributed by atoms with Crippen molar-refractivity contribution in [2.24, 2.45) is 11.3 Å². The third-order valence-corrected chi connectivity index (χ3v) is 4.80. The summed E-state index contributed by atoms with van der Waals surface area (Å²) in [6.45, 7) is 8.75. The molecule has 100 valence electrons. The Morgan fingerprint density at radius 3 is 2.59 bits per heavy atom. The Morgan fingerprint density at radius 2 is 1.88 bits per heavy atom. The Labute approximate surface area is 106 Å². The summed E-state index contributed by atoms with van der Waals surface area (Å²) in [4.78, 5) is 2.66. The number of likely N-dealkylation sites (tertiary alicyclic amines) is 1. The fourth-order valence-electron chi connectivity index (χ4n) is 3.56. The van der Waals surface area contributed by atoms with Gasteiger partial charge in [0.2, 0.25) is 0 Å². The van der Waals surface area contributed by atoms with Crippen LogP contribution in [-0.2, 0) is 0 Å². The average Bonchev–Trinajstić information content (AvgIpc) is 2.72. The Balaban J connectivity index is 1.82. The third kappa shape index (κ3) is 3.23. The molecular formula is C15H29NO. The number of fused-ring (bicyclic) bond motifs is 1. The van der Waals surface area contributed by atoms with Crippen LogP contribution in [0.4, 0.5) is 0 Å². The molecule has 0 amide bonds. The summed E-state index contributed by atoms with van der Waals surface area (Å²) in [5, 5.41) is 10.1. The van der Waals surface area contributed by atoms with Gasteiger partial charge in [0.15, 0.2) is 0 Å². The minimum Gasteiger partial charge on any atom is -0.393 e. The van der Waals surface area contributed by atoms with E-state index in [4.69, 9.17) is 0 Å². The molecule has 0 aromatic rings. The molecule has 2 rings (SSSR count). The average molecular weight is 239 g/mol. The lowest BCUT2D eigenvalue weighted by molar-refractivity contribution is 0.0305. The van der Waals surface area contributed by atoms with Crippen LogP contribution in [0.15, 0.2) is 0 Å². The largest absolute Gasteiger partial charge is 0.393 e. The van der Waals surface area contributed by atoms with E-state index in [9.17, 15) is 5.11 Å². The maximum Gasteiger partial charge on any atom is 0.0600 e. The second-order valence-corrected chi connectivity index (χ2v) is 7.11. The molecule has 2 nitrogen and oxygen atoms in total. The summed E-state index contributed by atoms with van der Waals surface area (Å²) in [5.41, 5.74) is 0.0326. The number of nitrogens with zero attached hydrogens (tertiary/aromatic N) is 1. The summed E-state index contributed by atoms with van der Waals surface area (Å²) in [6, 6.07) is 0.843. The lowest BCUT2D eigenvalue weighted by atomic mass is 9.86. The number of hydrogen-bond acceptors (Lipinski definition) is 2. The van der Waals surface area contributed by atoms with Crippen molar-refractivity contribution in [2.75, 3.05) is 13.1 Å². The second kappa shape index (κ2) is 5.27. The zero-order chi connectivity index (χ0) is 12.5. The molecule has 1 heterocycles. The SMILES string of the molecule is CC(C)(C)C(O)CCN1CCCC2CCCC21. The maximum atomic E-state index is 10.1. The fraction of sp³-hybridized carbons (Fsp3) is 1.00. The van der Waals surface area contributed by atoms with E-state index in [-0.39, 0.29) is 11.5 Å². The summed E-state index contributed by atoms with van der Waals surface area (Å²) in [7, 11) is 0. The highest BCUT2D eigenvalue weighted by molar-refractivity contribution is 4.89. The highest BCUT2D eigenvalue weighted by atomic mass is 16.3. The van der Waals surface area contributed by atoms with Gasteiger partial charge >= 0.3 is 0 Å². The topological polar surface area (TPSA) is 23.5 Å². The molecule has 3 atom stereocenters. The predicted octanol–water partition coefficient (Wildman–Crippen LogP) is 3.05. The van der Waals surface area contributed by atoms with Gasteiger partial charge in [-0.1, -0.05) is 27.2 Å². The van der Waals surface area contributed by atoms with Crippen LogP contribution in [-0.4, -0.2) is 35.2 Å². The normalized spacial score (nSPS) is 32.5. The van der Waals surface area contributed by atoms with Gasteiger partial charge < -0.3 is 10.0 Å². The van der Waals surface area contributed by atoms with Gasteiger partial charge in [0.05, 0.1) is 6.10 Å². The molecule has 1 saturated heterocycles. The standard InChI is InChI=1S/C15H29NO/c1-15(2,3)14(17)9-11-16-10-5-7-12-6-4-8-13(12)16/h12-14,17H,4-11H2,1-3H3. The van der Waals surface area contributed by atoms with E-state index in [0.717, 1.165) is 24.9 Å². The molecule has 1 aliphatic carbocycles. The first-order valence-corrected chi connectivity index (χ1v) is 7.40. The van der Waals surface area contributed by atoms with Crippen molar-refractivity contribution in [3.63, 3.8) is 0 Å². The van der Waals surface area contributed by atoms with Crippen molar-refractivity contribution >= 4 is 0 Å². The molecule has 0 bridgehead atoms. The summed E-state index contributed by atoms with van der Waals surface area (Å²) < 4.78 is 0. The van der Waals surface area contributed by atoms with Crippen molar-refractivity contribution in [1.29, 1.82) is 0 Å². The van der Waals surface area contributed by atoms with Crippen molar-refractivity contribution < 1.29 is 5.11 Å². The first kappa shape index (κ1) is 13.4. The van der Waals surface area contributed by atoms with E-state index in [2.05, 4.69) is 25.7 Å². The molecule has 2 heteroatoms. The minimum atomic E-state index is -0.163. The number of hydrogen-bond donors (Lipinski definition) is 1. The number of piperidine rings is 1. The minimum absolute atomic E-state index is 0.0326. The molecular weight excluding hydrogens is 210 g/mol. The molecule has 0 aromatic heterocycles. The molecule has 3 unspecified atom stereocenters.